The van der Waals surface area contributed by atoms with Crippen molar-refractivity contribution in [2.45, 2.75) is 39.3 Å². The first-order valence-electron chi connectivity index (χ1n) is 7.64. The van der Waals surface area contributed by atoms with Gasteiger partial charge in [-0.15, -0.1) is 0 Å². The van der Waals surface area contributed by atoms with Crippen LogP contribution in [0.15, 0.2) is 36.5 Å². The van der Waals surface area contributed by atoms with Crippen molar-refractivity contribution >= 4 is 16.8 Å². The number of nitrogens with one attached hydrogen (secondary N) is 1. The van der Waals surface area contributed by atoms with Gasteiger partial charge < -0.3 is 15.6 Å². The molecule has 0 saturated carbocycles. The first-order chi connectivity index (χ1) is 10.1. The number of fused-ring (bicyclic) bond motifs is 1. The molecule has 2 rings (SSSR count). The van der Waals surface area contributed by atoms with Crippen LogP contribution in [0.5, 0.6) is 0 Å². The second-order valence-corrected chi connectivity index (χ2v) is 5.88. The molecule has 1 aromatic heterocycles. The second-order valence-electron chi connectivity index (χ2n) is 5.88. The summed E-state index contributed by atoms with van der Waals surface area (Å²) in [6, 6.07) is 10.4. The van der Waals surface area contributed by atoms with Crippen LogP contribution in [0.4, 0.5) is 0 Å². The van der Waals surface area contributed by atoms with Crippen LogP contribution in [0, 0.1) is 5.92 Å². The first-order valence-corrected chi connectivity index (χ1v) is 7.64. The van der Waals surface area contributed by atoms with E-state index in [1.54, 1.807) is 0 Å². The Kier molecular flexibility index (Phi) is 5.39. The van der Waals surface area contributed by atoms with Crippen molar-refractivity contribution in [3.63, 3.8) is 0 Å². The minimum atomic E-state index is -0.0570. The van der Waals surface area contributed by atoms with E-state index in [1.165, 1.54) is 10.9 Å². The number of benzene rings is 1. The summed E-state index contributed by atoms with van der Waals surface area (Å²) in [4.78, 5) is 11.7. The van der Waals surface area contributed by atoms with Gasteiger partial charge in [-0.1, -0.05) is 32.0 Å². The molecule has 1 heterocycles. The number of rotatable bonds is 7. The molecule has 0 spiro atoms. The van der Waals surface area contributed by atoms with Crippen molar-refractivity contribution in [3.8, 4) is 0 Å². The fraction of sp³-hybridized carbons (Fsp3) is 0.471. The molecule has 2 aromatic rings. The van der Waals surface area contributed by atoms with Crippen LogP contribution < -0.4 is 11.1 Å². The number of carbonyl (C=O) groups excluding carboxylic acids is 1. The average Bonchev–Trinajstić information content (AvgIpc) is 2.87. The summed E-state index contributed by atoms with van der Waals surface area (Å²) in [5, 5.41) is 4.20. The number of nitrogens with zero attached hydrogens (tertiary/aromatic N) is 1. The predicted molar refractivity (Wildman–Crippen MR) is 87.0 cm³/mol. The molecule has 1 atom stereocenters. The number of carbonyl (C=O) groups is 1. The van der Waals surface area contributed by atoms with E-state index in [1.807, 2.05) is 26.0 Å². The molecule has 0 aliphatic rings. The van der Waals surface area contributed by atoms with Crippen LogP contribution in [0.1, 0.15) is 26.7 Å². The fourth-order valence-corrected chi connectivity index (χ4v) is 2.33. The summed E-state index contributed by atoms with van der Waals surface area (Å²) in [6.45, 7) is 5.67. The molecule has 3 N–H and O–H groups in total. The van der Waals surface area contributed by atoms with E-state index >= 15 is 0 Å². The van der Waals surface area contributed by atoms with Gasteiger partial charge in [0.2, 0.25) is 5.91 Å². The summed E-state index contributed by atoms with van der Waals surface area (Å²) in [5.74, 6) is 0.385. The molecular formula is C17H25N3O. The lowest BCUT2D eigenvalue weighted by atomic mass is 10.0. The van der Waals surface area contributed by atoms with E-state index in [4.69, 9.17) is 5.73 Å². The Morgan fingerprint density at radius 1 is 1.29 bits per heavy atom. The Morgan fingerprint density at radius 3 is 2.81 bits per heavy atom. The molecule has 21 heavy (non-hydrogen) atoms. The van der Waals surface area contributed by atoms with E-state index in [-0.39, 0.29) is 11.9 Å². The lowest BCUT2D eigenvalue weighted by Gasteiger charge is -2.15. The summed E-state index contributed by atoms with van der Waals surface area (Å²) in [5.41, 5.74) is 7.14. The Hall–Kier alpha value is -1.81. The second kappa shape index (κ2) is 7.27. The number of hydrogen-bond donors (Lipinski definition) is 2. The summed E-state index contributed by atoms with van der Waals surface area (Å²) in [6.07, 6.45) is 3.42. The molecule has 0 radical (unpaired) electrons. The molecular weight excluding hydrogens is 262 g/mol. The van der Waals surface area contributed by atoms with Crippen LogP contribution in [0.2, 0.25) is 0 Å². The topological polar surface area (TPSA) is 60.1 Å². The van der Waals surface area contributed by atoms with Crippen LogP contribution in [0.25, 0.3) is 10.9 Å². The van der Waals surface area contributed by atoms with E-state index < -0.39 is 0 Å². The largest absolute Gasteiger partial charge is 0.356 e. The van der Waals surface area contributed by atoms with Crippen LogP contribution in [-0.2, 0) is 11.3 Å². The van der Waals surface area contributed by atoms with Gasteiger partial charge in [0.1, 0.15) is 0 Å². The molecule has 4 heteroatoms. The molecule has 0 fully saturated rings. The molecule has 0 aliphatic carbocycles. The molecule has 114 valence electrons. The maximum Gasteiger partial charge on any atom is 0.221 e. The maximum absolute atomic E-state index is 11.7. The van der Waals surface area contributed by atoms with Gasteiger partial charge in [0.25, 0.3) is 0 Å². The van der Waals surface area contributed by atoms with Gasteiger partial charge >= 0.3 is 0 Å². The van der Waals surface area contributed by atoms with Gasteiger partial charge in [-0.3, -0.25) is 4.79 Å². The third-order valence-corrected chi connectivity index (χ3v) is 3.86. The number of para-hydroxylation sites is 1. The Morgan fingerprint density at radius 2 is 2.05 bits per heavy atom. The molecule has 1 amide bonds. The third kappa shape index (κ3) is 4.33. The van der Waals surface area contributed by atoms with Crippen LogP contribution >= 0.6 is 0 Å². The highest BCUT2D eigenvalue weighted by molar-refractivity contribution is 5.79. The lowest BCUT2D eigenvalue weighted by Crippen LogP contribution is -2.35. The molecule has 1 aromatic carbocycles. The maximum atomic E-state index is 11.7. The van der Waals surface area contributed by atoms with Gasteiger partial charge in [-0.05, 0) is 29.9 Å². The summed E-state index contributed by atoms with van der Waals surface area (Å²) < 4.78 is 2.22. The van der Waals surface area contributed by atoms with Gasteiger partial charge in [0.05, 0.1) is 0 Å². The van der Waals surface area contributed by atoms with Crippen molar-refractivity contribution in [3.05, 3.63) is 36.5 Å². The van der Waals surface area contributed by atoms with Gasteiger partial charge in [0, 0.05) is 37.3 Å². The van der Waals surface area contributed by atoms with Crippen LogP contribution in [-0.4, -0.2) is 23.1 Å². The minimum absolute atomic E-state index is 0.0496. The number of aromatic nitrogens is 1. The zero-order chi connectivity index (χ0) is 15.2. The number of amides is 1. The SMILES string of the molecule is CC(C)C(N)CC(=O)NCCCn1ccc2ccccc21. The molecule has 0 bridgehead atoms. The molecule has 0 aliphatic heterocycles. The lowest BCUT2D eigenvalue weighted by molar-refractivity contribution is -0.121. The molecule has 4 nitrogen and oxygen atoms in total. The van der Waals surface area contributed by atoms with Crippen molar-refractivity contribution < 1.29 is 4.79 Å². The summed E-state index contributed by atoms with van der Waals surface area (Å²) >= 11 is 0. The van der Waals surface area contributed by atoms with E-state index in [0.717, 1.165) is 13.0 Å². The van der Waals surface area contributed by atoms with Crippen molar-refractivity contribution in [2.24, 2.45) is 11.7 Å². The monoisotopic (exact) mass is 287 g/mol. The number of aryl methyl sites for hydroxylation is 1. The van der Waals surface area contributed by atoms with Gasteiger partial charge in [0.15, 0.2) is 0 Å². The van der Waals surface area contributed by atoms with Crippen molar-refractivity contribution in [2.75, 3.05) is 6.54 Å². The first kappa shape index (κ1) is 15.6. The minimum Gasteiger partial charge on any atom is -0.356 e. The highest BCUT2D eigenvalue weighted by atomic mass is 16.1. The molecule has 1 unspecified atom stereocenters. The highest BCUT2D eigenvalue weighted by Gasteiger charge is 2.12. The molecule has 0 saturated heterocycles. The standard InChI is InChI=1S/C17H25N3O/c1-13(2)15(18)12-17(21)19-9-5-10-20-11-8-14-6-3-4-7-16(14)20/h3-4,6-8,11,13,15H,5,9-10,12,18H2,1-2H3,(H,19,21). The van der Waals surface area contributed by atoms with Gasteiger partial charge in [-0.2, -0.15) is 0 Å². The Bertz CT molecular complexity index is 588. The van der Waals surface area contributed by atoms with Gasteiger partial charge in [-0.25, -0.2) is 0 Å². The normalized spacial score (nSPS) is 12.8. The van der Waals surface area contributed by atoms with Crippen molar-refractivity contribution in [1.82, 2.24) is 9.88 Å². The third-order valence-electron chi connectivity index (χ3n) is 3.86. The quantitative estimate of drug-likeness (QED) is 0.769. The predicted octanol–water partition coefficient (Wildman–Crippen LogP) is 2.52. The van der Waals surface area contributed by atoms with E-state index in [0.29, 0.717) is 18.9 Å². The zero-order valence-corrected chi connectivity index (χ0v) is 12.9. The van der Waals surface area contributed by atoms with E-state index in [9.17, 15) is 4.79 Å². The number of hydrogen-bond acceptors (Lipinski definition) is 2. The average molecular weight is 287 g/mol. The summed E-state index contributed by atoms with van der Waals surface area (Å²) in [7, 11) is 0. The van der Waals surface area contributed by atoms with E-state index in [2.05, 4.69) is 34.3 Å². The zero-order valence-electron chi connectivity index (χ0n) is 12.9. The smallest absolute Gasteiger partial charge is 0.221 e. The fourth-order valence-electron chi connectivity index (χ4n) is 2.33. The number of nitrogens with two attached hydrogens (primary N) is 1. The van der Waals surface area contributed by atoms with Crippen LogP contribution in [0.3, 0.4) is 0 Å². The van der Waals surface area contributed by atoms with Crippen molar-refractivity contribution in [1.29, 1.82) is 0 Å². The highest BCUT2D eigenvalue weighted by Crippen LogP contribution is 2.15. The Balaban J connectivity index is 1.74. The Labute approximate surface area is 126 Å².